The SMILES string of the molecule is O=C(OCCOc1cccc(Br)c1)c1ccc2ccccc2n1. The lowest BCUT2D eigenvalue weighted by atomic mass is 10.2. The van der Waals surface area contributed by atoms with Crippen LogP contribution < -0.4 is 4.74 Å². The number of pyridine rings is 1. The fraction of sp³-hybridized carbons (Fsp3) is 0.111. The molecule has 23 heavy (non-hydrogen) atoms. The summed E-state index contributed by atoms with van der Waals surface area (Å²) >= 11 is 3.37. The van der Waals surface area contributed by atoms with Crippen LogP contribution in [0.3, 0.4) is 0 Å². The van der Waals surface area contributed by atoms with Crippen molar-refractivity contribution in [1.29, 1.82) is 0 Å². The largest absolute Gasteiger partial charge is 0.490 e. The van der Waals surface area contributed by atoms with E-state index in [4.69, 9.17) is 9.47 Å². The lowest BCUT2D eigenvalue weighted by molar-refractivity contribution is 0.0444. The summed E-state index contributed by atoms with van der Waals surface area (Å²) in [6, 6.07) is 18.6. The minimum Gasteiger partial charge on any atom is -0.490 e. The van der Waals surface area contributed by atoms with Gasteiger partial charge in [-0.1, -0.05) is 46.3 Å². The molecule has 0 saturated carbocycles. The van der Waals surface area contributed by atoms with Gasteiger partial charge < -0.3 is 9.47 Å². The molecule has 0 fully saturated rings. The Hall–Kier alpha value is -2.40. The van der Waals surface area contributed by atoms with Crippen molar-refractivity contribution in [2.24, 2.45) is 0 Å². The van der Waals surface area contributed by atoms with Crippen LogP contribution in [0.25, 0.3) is 10.9 Å². The molecular formula is C18H14BrNO3. The Balaban J connectivity index is 1.54. The number of benzene rings is 2. The molecule has 0 radical (unpaired) electrons. The predicted molar refractivity (Wildman–Crippen MR) is 91.7 cm³/mol. The van der Waals surface area contributed by atoms with E-state index in [-0.39, 0.29) is 13.2 Å². The topological polar surface area (TPSA) is 48.4 Å². The molecule has 2 aromatic carbocycles. The van der Waals surface area contributed by atoms with Crippen molar-refractivity contribution in [1.82, 2.24) is 4.98 Å². The highest BCUT2D eigenvalue weighted by atomic mass is 79.9. The van der Waals surface area contributed by atoms with Gasteiger partial charge in [-0.05, 0) is 30.3 Å². The van der Waals surface area contributed by atoms with Gasteiger partial charge in [0, 0.05) is 9.86 Å². The van der Waals surface area contributed by atoms with Crippen molar-refractivity contribution >= 4 is 32.8 Å². The molecule has 0 amide bonds. The van der Waals surface area contributed by atoms with Crippen molar-refractivity contribution in [2.45, 2.75) is 0 Å². The summed E-state index contributed by atoms with van der Waals surface area (Å²) in [6.07, 6.45) is 0. The minimum absolute atomic E-state index is 0.167. The van der Waals surface area contributed by atoms with E-state index >= 15 is 0 Å². The number of nitrogens with zero attached hydrogens (tertiary/aromatic N) is 1. The maximum absolute atomic E-state index is 12.0. The summed E-state index contributed by atoms with van der Waals surface area (Å²) in [5.74, 6) is 0.271. The first-order chi connectivity index (χ1) is 11.2. The third-order valence-corrected chi connectivity index (χ3v) is 3.68. The van der Waals surface area contributed by atoms with Crippen LogP contribution in [0.2, 0.25) is 0 Å². The van der Waals surface area contributed by atoms with Crippen LogP contribution >= 0.6 is 15.9 Å². The highest BCUT2D eigenvalue weighted by molar-refractivity contribution is 9.10. The fourth-order valence-corrected chi connectivity index (χ4v) is 2.48. The van der Waals surface area contributed by atoms with Crippen LogP contribution in [0.15, 0.2) is 65.1 Å². The number of hydrogen-bond acceptors (Lipinski definition) is 4. The minimum atomic E-state index is -0.450. The summed E-state index contributed by atoms with van der Waals surface area (Å²) in [6.45, 7) is 0.454. The first-order valence-electron chi connectivity index (χ1n) is 7.14. The molecule has 0 aliphatic carbocycles. The molecule has 0 N–H and O–H groups in total. The van der Waals surface area contributed by atoms with Crippen LogP contribution in [0.4, 0.5) is 0 Å². The Bertz CT molecular complexity index is 835. The van der Waals surface area contributed by atoms with Crippen molar-refractivity contribution in [3.8, 4) is 5.75 Å². The van der Waals surface area contributed by atoms with Gasteiger partial charge in [-0.2, -0.15) is 0 Å². The molecule has 0 atom stereocenters. The van der Waals surface area contributed by atoms with E-state index in [1.807, 2.05) is 54.6 Å². The second-order valence-corrected chi connectivity index (χ2v) is 5.75. The number of rotatable bonds is 5. The van der Waals surface area contributed by atoms with Crippen LogP contribution in [0, 0.1) is 0 Å². The lowest BCUT2D eigenvalue weighted by Crippen LogP contribution is -2.13. The predicted octanol–water partition coefficient (Wildman–Crippen LogP) is 4.23. The molecule has 1 aromatic heterocycles. The summed E-state index contributed by atoms with van der Waals surface area (Å²) in [5, 5.41) is 0.988. The molecule has 0 spiro atoms. The normalized spacial score (nSPS) is 10.5. The van der Waals surface area contributed by atoms with Gasteiger partial charge in [0.15, 0.2) is 0 Å². The van der Waals surface area contributed by atoms with E-state index in [9.17, 15) is 4.79 Å². The van der Waals surface area contributed by atoms with E-state index in [1.165, 1.54) is 0 Å². The molecule has 3 rings (SSSR count). The van der Waals surface area contributed by atoms with Crippen molar-refractivity contribution < 1.29 is 14.3 Å². The maximum Gasteiger partial charge on any atom is 0.357 e. The number of esters is 1. The maximum atomic E-state index is 12.0. The number of carbonyl (C=O) groups is 1. The summed E-state index contributed by atoms with van der Waals surface area (Å²) in [4.78, 5) is 16.3. The number of ether oxygens (including phenoxy) is 2. The Morgan fingerprint density at radius 3 is 2.74 bits per heavy atom. The van der Waals surface area contributed by atoms with Crippen LogP contribution in [-0.2, 0) is 4.74 Å². The van der Waals surface area contributed by atoms with Crippen molar-refractivity contribution in [3.05, 3.63) is 70.8 Å². The van der Waals surface area contributed by atoms with E-state index in [1.54, 1.807) is 6.07 Å². The zero-order valence-electron chi connectivity index (χ0n) is 12.2. The van der Waals surface area contributed by atoms with E-state index < -0.39 is 5.97 Å². The first kappa shape index (κ1) is 15.5. The van der Waals surface area contributed by atoms with E-state index in [0.717, 1.165) is 21.1 Å². The average molecular weight is 372 g/mol. The lowest BCUT2D eigenvalue weighted by Gasteiger charge is -2.08. The number of para-hydroxylation sites is 1. The van der Waals surface area contributed by atoms with Gasteiger partial charge in [-0.15, -0.1) is 0 Å². The quantitative estimate of drug-likeness (QED) is 0.497. The highest BCUT2D eigenvalue weighted by Gasteiger charge is 2.09. The van der Waals surface area contributed by atoms with E-state index in [2.05, 4.69) is 20.9 Å². The average Bonchev–Trinajstić information content (AvgIpc) is 2.58. The highest BCUT2D eigenvalue weighted by Crippen LogP contribution is 2.17. The fourth-order valence-electron chi connectivity index (χ4n) is 2.10. The van der Waals surface area contributed by atoms with Gasteiger partial charge in [0.05, 0.1) is 5.52 Å². The Kier molecular flexibility index (Phi) is 4.88. The molecule has 116 valence electrons. The van der Waals surface area contributed by atoms with Crippen LogP contribution in [0.1, 0.15) is 10.5 Å². The molecule has 5 heteroatoms. The van der Waals surface area contributed by atoms with Gasteiger partial charge in [0.1, 0.15) is 24.7 Å². The van der Waals surface area contributed by atoms with Gasteiger partial charge >= 0.3 is 5.97 Å². The van der Waals surface area contributed by atoms with E-state index in [0.29, 0.717) is 5.69 Å². The van der Waals surface area contributed by atoms with Crippen molar-refractivity contribution in [2.75, 3.05) is 13.2 Å². The second kappa shape index (κ2) is 7.24. The monoisotopic (exact) mass is 371 g/mol. The Labute approximate surface area is 142 Å². The Morgan fingerprint density at radius 2 is 1.87 bits per heavy atom. The zero-order chi connectivity index (χ0) is 16.1. The summed E-state index contributed by atoms with van der Waals surface area (Å²) in [7, 11) is 0. The standard InChI is InChI=1S/C18H14BrNO3/c19-14-5-3-6-15(12-14)22-10-11-23-18(21)17-9-8-13-4-1-2-7-16(13)20-17/h1-9,12H,10-11H2. The number of fused-ring (bicyclic) bond motifs is 1. The molecule has 4 nitrogen and oxygen atoms in total. The molecule has 3 aromatic rings. The van der Waals surface area contributed by atoms with Gasteiger partial charge in [-0.3, -0.25) is 0 Å². The smallest absolute Gasteiger partial charge is 0.357 e. The van der Waals surface area contributed by atoms with Crippen molar-refractivity contribution in [3.63, 3.8) is 0 Å². The van der Waals surface area contributed by atoms with Gasteiger partial charge in [0.25, 0.3) is 0 Å². The van der Waals surface area contributed by atoms with Crippen LogP contribution in [-0.4, -0.2) is 24.2 Å². The molecular weight excluding hydrogens is 358 g/mol. The summed E-state index contributed by atoms with van der Waals surface area (Å²) in [5.41, 5.74) is 1.07. The molecule has 0 bridgehead atoms. The van der Waals surface area contributed by atoms with Gasteiger partial charge in [0.2, 0.25) is 0 Å². The molecule has 1 heterocycles. The first-order valence-corrected chi connectivity index (χ1v) is 7.93. The zero-order valence-corrected chi connectivity index (χ0v) is 13.8. The molecule has 0 aliphatic heterocycles. The third-order valence-electron chi connectivity index (χ3n) is 3.19. The molecule has 0 saturated heterocycles. The third kappa shape index (κ3) is 4.07. The van der Waals surface area contributed by atoms with Crippen LogP contribution in [0.5, 0.6) is 5.75 Å². The number of hydrogen-bond donors (Lipinski definition) is 0. The number of aromatic nitrogens is 1. The summed E-state index contributed by atoms with van der Waals surface area (Å²) < 4.78 is 11.6. The molecule has 0 unspecified atom stereocenters. The second-order valence-electron chi connectivity index (χ2n) is 4.83. The number of carbonyl (C=O) groups excluding carboxylic acids is 1. The Morgan fingerprint density at radius 1 is 1.00 bits per heavy atom. The number of halogens is 1. The van der Waals surface area contributed by atoms with Gasteiger partial charge in [-0.25, -0.2) is 9.78 Å². The molecule has 0 aliphatic rings.